The molecule has 0 aliphatic carbocycles. The van der Waals surface area contributed by atoms with Crippen molar-refractivity contribution in [2.75, 3.05) is 0 Å². The van der Waals surface area contributed by atoms with Gasteiger partial charge in [-0.2, -0.15) is 12.1 Å². The molecule has 3 aromatic heterocycles. The monoisotopic (exact) mass is 657 g/mol. The second-order valence-electron chi connectivity index (χ2n) is 7.99. The van der Waals surface area contributed by atoms with Crippen molar-refractivity contribution >= 4 is 39.5 Å². The van der Waals surface area contributed by atoms with E-state index in [0.717, 1.165) is 39.0 Å². The third-order valence-corrected chi connectivity index (χ3v) is 5.70. The van der Waals surface area contributed by atoms with Crippen molar-refractivity contribution in [1.82, 2.24) is 9.97 Å². The molecule has 0 N–H and O–H groups in total. The molecule has 1 radical (unpaired) electrons. The van der Waals surface area contributed by atoms with Gasteiger partial charge in [-0.05, 0) is 23.9 Å². The molecule has 6 heteroatoms. The SMILES string of the molecule is C1=[N+](c2ccccc2)C=C[N+]=1c1[c-]ccc2c1oc1ncccc12.[Ir].[c-]1ccccc1-c1ccccn1. The summed E-state index contributed by atoms with van der Waals surface area (Å²) in [6, 6.07) is 41.3. The maximum absolute atomic E-state index is 5.96. The Morgan fingerprint density at radius 2 is 1.49 bits per heavy atom. The number of benzene rings is 3. The van der Waals surface area contributed by atoms with E-state index in [-0.39, 0.29) is 20.1 Å². The smallest absolute Gasteiger partial charge is 0.495 e. The summed E-state index contributed by atoms with van der Waals surface area (Å²) in [4.78, 5) is 8.52. The van der Waals surface area contributed by atoms with Gasteiger partial charge < -0.3 is 9.40 Å². The van der Waals surface area contributed by atoms with Crippen LogP contribution in [0.15, 0.2) is 126 Å². The Kier molecular flexibility index (Phi) is 7.25. The Balaban J connectivity index is 0.000000183. The average Bonchev–Trinajstić information content (AvgIpc) is 3.60. The molecule has 3 aromatic carbocycles. The standard InChI is InChI=1S/C20H12N3O.C11H8N.Ir/c1-2-6-15(7-3-1)22-12-13-23(14-22)18-10-4-8-16-17-9-5-11-21-20(17)24-19(16)18;1-2-6-10(7-3-1)11-8-4-5-9-12-11;/h1-9,11-13H;1-6,8-9H;/q+1;-1;. The van der Waals surface area contributed by atoms with Gasteiger partial charge in [0.05, 0.1) is 5.58 Å². The number of hydrogen-bond acceptors (Lipinski definition) is 3. The second-order valence-corrected chi connectivity index (χ2v) is 7.99. The summed E-state index contributed by atoms with van der Waals surface area (Å²) in [5.74, 6) is 0. The van der Waals surface area contributed by atoms with E-state index < -0.39 is 0 Å². The number of pyridine rings is 2. The van der Waals surface area contributed by atoms with Crippen molar-refractivity contribution in [2.45, 2.75) is 0 Å². The van der Waals surface area contributed by atoms with E-state index in [2.05, 4.69) is 28.1 Å². The summed E-state index contributed by atoms with van der Waals surface area (Å²) in [6.07, 6.45) is 7.43. The van der Waals surface area contributed by atoms with Gasteiger partial charge in [-0.1, -0.05) is 44.9 Å². The van der Waals surface area contributed by atoms with Gasteiger partial charge >= 0.3 is 6.01 Å². The largest absolute Gasteiger partial charge is 0.500 e. The number of para-hydroxylation sites is 1. The first-order chi connectivity index (χ1) is 17.9. The van der Waals surface area contributed by atoms with E-state index in [1.807, 2.05) is 119 Å². The normalized spacial score (nSPS) is 11.9. The summed E-state index contributed by atoms with van der Waals surface area (Å²) in [5, 5.41) is 2.03. The molecule has 0 bridgehead atoms. The van der Waals surface area contributed by atoms with E-state index >= 15 is 0 Å². The Labute approximate surface area is 227 Å². The molecule has 1 aliphatic heterocycles. The van der Waals surface area contributed by atoms with Crippen LogP contribution in [0.3, 0.4) is 0 Å². The number of nitrogens with zero attached hydrogens (tertiary/aromatic N) is 4. The minimum Gasteiger partial charge on any atom is -0.495 e. The zero-order chi connectivity index (χ0) is 24.2. The molecule has 0 fully saturated rings. The van der Waals surface area contributed by atoms with Crippen LogP contribution in [0.4, 0.5) is 11.4 Å². The molecule has 0 unspecified atom stereocenters. The van der Waals surface area contributed by atoms with Gasteiger partial charge in [0.25, 0.3) is 12.4 Å². The van der Waals surface area contributed by atoms with Crippen LogP contribution in [-0.4, -0.2) is 25.1 Å². The Hall–Kier alpha value is -4.47. The van der Waals surface area contributed by atoms with Crippen LogP contribution in [0.25, 0.3) is 33.3 Å². The van der Waals surface area contributed by atoms with Crippen molar-refractivity contribution in [2.24, 2.45) is 0 Å². The van der Waals surface area contributed by atoms with Crippen molar-refractivity contribution in [3.8, 4) is 11.3 Å². The minimum atomic E-state index is 0. The number of rotatable bonds is 3. The van der Waals surface area contributed by atoms with Crippen LogP contribution in [-0.2, 0) is 20.1 Å². The first-order valence-electron chi connectivity index (χ1n) is 11.5. The van der Waals surface area contributed by atoms with Crippen LogP contribution >= 0.6 is 0 Å². The molecule has 0 saturated heterocycles. The Bertz CT molecular complexity index is 1720. The van der Waals surface area contributed by atoms with Crippen molar-refractivity contribution in [1.29, 1.82) is 0 Å². The van der Waals surface area contributed by atoms with Crippen molar-refractivity contribution < 1.29 is 33.7 Å². The molecule has 179 valence electrons. The van der Waals surface area contributed by atoms with Gasteiger partial charge in [0, 0.05) is 50.0 Å². The predicted molar refractivity (Wildman–Crippen MR) is 139 cm³/mol. The first-order valence-corrected chi connectivity index (χ1v) is 11.5. The first kappa shape index (κ1) is 24.2. The third-order valence-electron chi connectivity index (χ3n) is 5.70. The van der Waals surface area contributed by atoms with Gasteiger partial charge in [0.1, 0.15) is 0 Å². The Morgan fingerprint density at radius 3 is 2.30 bits per heavy atom. The maximum Gasteiger partial charge on any atom is 0.500 e. The molecule has 0 spiro atoms. The molecule has 0 atom stereocenters. The van der Waals surface area contributed by atoms with Gasteiger partial charge in [-0.25, -0.2) is 4.98 Å². The average molecular weight is 657 g/mol. The topological polar surface area (TPSA) is 44.9 Å². The van der Waals surface area contributed by atoms with E-state index in [9.17, 15) is 0 Å². The van der Waals surface area contributed by atoms with Crippen molar-refractivity contribution in [3.63, 3.8) is 0 Å². The molecule has 0 saturated carbocycles. The van der Waals surface area contributed by atoms with Crippen LogP contribution in [0.5, 0.6) is 0 Å². The molecular weight excluding hydrogens is 637 g/mol. The van der Waals surface area contributed by atoms with E-state index in [0.29, 0.717) is 5.71 Å². The predicted octanol–water partition coefficient (Wildman–Crippen LogP) is 6.97. The third kappa shape index (κ3) is 5.09. The number of fused-ring (bicyclic) bond motifs is 3. The van der Waals surface area contributed by atoms with Gasteiger partial charge in [0.15, 0.2) is 5.69 Å². The summed E-state index contributed by atoms with van der Waals surface area (Å²) in [6.45, 7) is 0. The van der Waals surface area contributed by atoms with Gasteiger partial charge in [-0.3, -0.25) is 0 Å². The van der Waals surface area contributed by atoms with E-state index in [1.54, 1.807) is 12.4 Å². The number of furan rings is 1. The minimum absolute atomic E-state index is 0. The molecular formula is C31H20IrN4O. The van der Waals surface area contributed by atoms with Crippen LogP contribution in [0, 0.1) is 12.1 Å². The fourth-order valence-corrected chi connectivity index (χ4v) is 3.99. The molecule has 1 aliphatic rings. The maximum atomic E-state index is 5.96. The van der Waals surface area contributed by atoms with Gasteiger partial charge in [0.2, 0.25) is 11.4 Å². The molecule has 5 nitrogen and oxygen atoms in total. The summed E-state index contributed by atoms with van der Waals surface area (Å²) >= 11 is 0. The van der Waals surface area contributed by atoms with Crippen LogP contribution < -0.4 is 0 Å². The molecule has 37 heavy (non-hydrogen) atoms. The quantitative estimate of drug-likeness (QED) is 0.153. The van der Waals surface area contributed by atoms with Crippen LogP contribution in [0.2, 0.25) is 0 Å². The summed E-state index contributed by atoms with van der Waals surface area (Å²) in [7, 11) is 0. The van der Waals surface area contributed by atoms with Crippen molar-refractivity contribution in [3.05, 3.63) is 134 Å². The number of hydrogen-bond donors (Lipinski definition) is 0. The zero-order valence-electron chi connectivity index (χ0n) is 19.6. The second kappa shape index (κ2) is 11.1. The zero-order valence-corrected chi connectivity index (χ0v) is 22.0. The van der Waals surface area contributed by atoms with Crippen LogP contribution in [0.1, 0.15) is 0 Å². The summed E-state index contributed by atoms with van der Waals surface area (Å²) in [5.41, 5.74) is 5.28. The molecule has 4 heterocycles. The Morgan fingerprint density at radius 1 is 0.676 bits per heavy atom. The van der Waals surface area contributed by atoms with E-state index in [4.69, 9.17) is 4.42 Å². The fourth-order valence-electron chi connectivity index (χ4n) is 3.99. The van der Waals surface area contributed by atoms with E-state index in [1.165, 1.54) is 0 Å². The molecule has 7 rings (SSSR count). The fraction of sp³-hybridized carbons (Fsp3) is 0. The number of aromatic nitrogens is 2. The summed E-state index contributed by atoms with van der Waals surface area (Å²) < 4.78 is 9.79. The molecule has 0 amide bonds. The molecule has 6 aromatic rings. The van der Waals surface area contributed by atoms with Gasteiger partial charge in [-0.15, -0.1) is 42.0 Å².